The number of aryl methyl sites for hydroxylation is 3. The van der Waals surface area contributed by atoms with E-state index in [1.165, 1.54) is 5.56 Å². The Morgan fingerprint density at radius 3 is 1.79 bits per heavy atom. The lowest BCUT2D eigenvalue weighted by molar-refractivity contribution is 0.497. The van der Waals surface area contributed by atoms with Gasteiger partial charge in [-0.25, -0.2) is 0 Å². The fraction of sp³-hybridized carbons (Fsp3) is 0.143. The van der Waals surface area contributed by atoms with Crippen molar-refractivity contribution in [3.63, 3.8) is 0 Å². The average molecular weight is 336 g/mol. The molecule has 24 heavy (non-hydrogen) atoms. The van der Waals surface area contributed by atoms with E-state index in [-0.39, 0.29) is 0 Å². The molecule has 0 aliphatic rings. The normalized spacial score (nSPS) is 11.8. The largest absolute Gasteiger partial charge is 0.435 e. The van der Waals surface area contributed by atoms with Gasteiger partial charge >= 0.3 is 8.38 Å². The highest BCUT2D eigenvalue weighted by atomic mass is 31.2. The van der Waals surface area contributed by atoms with E-state index in [9.17, 15) is 0 Å². The van der Waals surface area contributed by atoms with E-state index >= 15 is 0 Å². The third-order valence-electron chi connectivity index (χ3n) is 3.68. The highest BCUT2D eigenvalue weighted by Gasteiger charge is 2.20. The van der Waals surface area contributed by atoms with Gasteiger partial charge in [0, 0.05) is 0 Å². The Hall–Kier alpha value is -2.31. The molecule has 2 nitrogen and oxygen atoms in total. The van der Waals surface area contributed by atoms with E-state index in [0.717, 1.165) is 27.9 Å². The number of rotatable bonds is 5. The minimum Gasteiger partial charge on any atom is -0.435 e. The number of hydrogen-bond acceptors (Lipinski definition) is 2. The van der Waals surface area contributed by atoms with Gasteiger partial charge in [-0.05, 0) is 56.2 Å². The molecule has 3 rings (SSSR count). The van der Waals surface area contributed by atoms with Crippen LogP contribution in [0.4, 0.5) is 0 Å². The van der Waals surface area contributed by atoms with Crippen molar-refractivity contribution in [2.75, 3.05) is 0 Å². The summed E-state index contributed by atoms with van der Waals surface area (Å²) in [5, 5.41) is 1.05. The van der Waals surface area contributed by atoms with Crippen LogP contribution in [0.25, 0.3) is 0 Å². The highest BCUT2D eigenvalue weighted by Crippen LogP contribution is 2.42. The van der Waals surface area contributed by atoms with Gasteiger partial charge in [-0.15, -0.1) is 0 Å². The lowest BCUT2D eigenvalue weighted by Gasteiger charge is -2.21. The molecular weight excluding hydrogens is 315 g/mol. The first-order chi connectivity index (χ1) is 11.6. The maximum atomic E-state index is 6.36. The number of hydrogen-bond donors (Lipinski definition) is 0. The topological polar surface area (TPSA) is 18.5 Å². The zero-order valence-electron chi connectivity index (χ0n) is 14.2. The van der Waals surface area contributed by atoms with Crippen molar-refractivity contribution in [1.29, 1.82) is 0 Å². The molecule has 3 aromatic rings. The molecule has 3 aromatic carbocycles. The molecule has 1 unspecified atom stereocenters. The Kier molecular flexibility index (Phi) is 5.17. The van der Waals surface area contributed by atoms with Crippen molar-refractivity contribution < 1.29 is 9.05 Å². The van der Waals surface area contributed by atoms with Crippen molar-refractivity contribution >= 4 is 13.7 Å². The average Bonchev–Trinajstić information content (AvgIpc) is 2.58. The molecule has 122 valence electrons. The van der Waals surface area contributed by atoms with Crippen LogP contribution in [0, 0.1) is 20.8 Å². The highest BCUT2D eigenvalue weighted by molar-refractivity contribution is 7.56. The van der Waals surface area contributed by atoms with E-state index in [4.69, 9.17) is 9.05 Å². The smallest absolute Gasteiger partial charge is 0.326 e. The fourth-order valence-corrected chi connectivity index (χ4v) is 4.08. The van der Waals surface area contributed by atoms with Gasteiger partial charge < -0.3 is 9.05 Å². The van der Waals surface area contributed by atoms with E-state index in [2.05, 4.69) is 32.9 Å². The monoisotopic (exact) mass is 336 g/mol. The lowest BCUT2D eigenvalue weighted by Crippen LogP contribution is -2.10. The van der Waals surface area contributed by atoms with Crippen LogP contribution >= 0.6 is 8.38 Å². The summed E-state index contributed by atoms with van der Waals surface area (Å²) in [5.41, 5.74) is 3.51. The second kappa shape index (κ2) is 7.51. The van der Waals surface area contributed by atoms with Gasteiger partial charge in [-0.2, -0.15) is 0 Å². The summed E-state index contributed by atoms with van der Waals surface area (Å²) in [6.07, 6.45) is 0. The third-order valence-corrected chi connectivity index (χ3v) is 5.12. The van der Waals surface area contributed by atoms with Crippen molar-refractivity contribution in [3.8, 4) is 11.5 Å². The van der Waals surface area contributed by atoms with Gasteiger partial charge in [-0.3, -0.25) is 0 Å². The Labute approximate surface area is 145 Å². The van der Waals surface area contributed by atoms with Gasteiger partial charge in [0.15, 0.2) is 0 Å². The predicted molar refractivity (Wildman–Crippen MR) is 101 cm³/mol. The maximum absolute atomic E-state index is 6.36. The lowest BCUT2D eigenvalue weighted by atomic mass is 10.1. The molecule has 0 aliphatic carbocycles. The summed E-state index contributed by atoms with van der Waals surface area (Å²) in [7, 11) is -1.25. The molecule has 0 radical (unpaired) electrons. The van der Waals surface area contributed by atoms with Crippen LogP contribution in [-0.2, 0) is 0 Å². The number of benzene rings is 3. The second-order valence-electron chi connectivity index (χ2n) is 5.82. The molecule has 0 amide bonds. The summed E-state index contributed by atoms with van der Waals surface area (Å²) in [6, 6.07) is 24.2. The van der Waals surface area contributed by atoms with Crippen LogP contribution in [-0.4, -0.2) is 0 Å². The van der Waals surface area contributed by atoms with E-state index < -0.39 is 8.38 Å². The molecule has 0 N–H and O–H groups in total. The van der Waals surface area contributed by atoms with Gasteiger partial charge in [0.2, 0.25) is 0 Å². The Balaban J connectivity index is 1.94. The van der Waals surface area contributed by atoms with Crippen LogP contribution in [0.1, 0.15) is 16.7 Å². The first-order valence-electron chi connectivity index (χ1n) is 7.97. The van der Waals surface area contributed by atoms with E-state index in [0.29, 0.717) is 0 Å². The van der Waals surface area contributed by atoms with E-state index in [1.54, 1.807) is 0 Å². The molecule has 0 fully saturated rings. The molecular formula is C21H21O2P. The summed E-state index contributed by atoms with van der Waals surface area (Å²) in [6.45, 7) is 6.26. The summed E-state index contributed by atoms with van der Waals surface area (Å²) in [4.78, 5) is 0. The Morgan fingerprint density at radius 1 is 0.667 bits per heavy atom. The summed E-state index contributed by atoms with van der Waals surface area (Å²) >= 11 is 0. The van der Waals surface area contributed by atoms with Crippen molar-refractivity contribution in [2.24, 2.45) is 0 Å². The molecule has 0 aromatic heterocycles. The van der Waals surface area contributed by atoms with E-state index in [1.807, 2.05) is 60.7 Å². The van der Waals surface area contributed by atoms with Crippen LogP contribution in [0.15, 0.2) is 72.8 Å². The minimum atomic E-state index is -1.25. The fourth-order valence-electron chi connectivity index (χ4n) is 2.64. The van der Waals surface area contributed by atoms with Crippen LogP contribution < -0.4 is 14.4 Å². The molecule has 0 heterocycles. The SMILES string of the molecule is Cc1cc(C)c(OP(Oc2ccccc2)c2ccccc2)c(C)c1. The molecule has 0 saturated carbocycles. The molecule has 0 spiro atoms. The number of para-hydroxylation sites is 1. The second-order valence-corrected chi connectivity index (χ2v) is 7.21. The molecule has 3 heteroatoms. The van der Waals surface area contributed by atoms with Crippen LogP contribution in [0.5, 0.6) is 11.5 Å². The van der Waals surface area contributed by atoms with Crippen LogP contribution in [0.3, 0.4) is 0 Å². The van der Waals surface area contributed by atoms with Crippen molar-refractivity contribution in [3.05, 3.63) is 89.5 Å². The van der Waals surface area contributed by atoms with Gasteiger partial charge in [0.1, 0.15) is 11.5 Å². The quantitative estimate of drug-likeness (QED) is 0.556. The molecule has 0 bridgehead atoms. The zero-order chi connectivity index (χ0) is 16.9. The Bertz CT molecular complexity index is 778. The van der Waals surface area contributed by atoms with Gasteiger partial charge in [0.25, 0.3) is 0 Å². The first-order valence-corrected chi connectivity index (χ1v) is 9.15. The molecule has 1 atom stereocenters. The maximum Gasteiger partial charge on any atom is 0.326 e. The first kappa shape index (κ1) is 16.5. The zero-order valence-corrected chi connectivity index (χ0v) is 15.1. The van der Waals surface area contributed by atoms with Gasteiger partial charge in [-0.1, -0.05) is 54.1 Å². The standard InChI is InChI=1S/C21H21O2P/c1-16-14-17(2)21(18(3)15-16)23-24(20-12-8-5-9-13-20)22-19-10-6-4-7-11-19/h4-15H,1-3H3. The molecule has 0 saturated heterocycles. The van der Waals surface area contributed by atoms with Crippen molar-refractivity contribution in [2.45, 2.75) is 20.8 Å². The third kappa shape index (κ3) is 3.96. The van der Waals surface area contributed by atoms with Gasteiger partial charge in [0.05, 0.1) is 5.30 Å². The summed E-state index contributed by atoms with van der Waals surface area (Å²) in [5.74, 6) is 1.72. The van der Waals surface area contributed by atoms with Crippen LogP contribution in [0.2, 0.25) is 0 Å². The van der Waals surface area contributed by atoms with Crippen molar-refractivity contribution in [1.82, 2.24) is 0 Å². The minimum absolute atomic E-state index is 0.815. The predicted octanol–water partition coefficient (Wildman–Crippen LogP) is 5.71. The Morgan fingerprint density at radius 2 is 1.21 bits per heavy atom. The summed E-state index contributed by atoms with van der Waals surface area (Å²) < 4.78 is 12.6. The molecule has 0 aliphatic heterocycles.